The van der Waals surface area contributed by atoms with E-state index in [4.69, 9.17) is 9.47 Å². The van der Waals surface area contributed by atoms with Crippen molar-refractivity contribution in [2.45, 2.75) is 33.3 Å². The van der Waals surface area contributed by atoms with Crippen LogP contribution in [0.15, 0.2) is 89.6 Å². The average Bonchev–Trinajstić information content (AvgIpc) is 3.14. The Morgan fingerprint density at radius 2 is 1.69 bits per heavy atom. The molecule has 5 heteroatoms. The number of nitrogens with one attached hydrogen (secondary N) is 1. The molecule has 0 saturated heterocycles. The number of hydrogen-bond donors (Lipinski definition) is 1. The summed E-state index contributed by atoms with van der Waals surface area (Å²) in [6.07, 6.45) is 0. The maximum atomic E-state index is 13.5. The minimum atomic E-state index is -0.531. The number of esters is 1. The molecule has 0 amide bonds. The average molecular weight is 466 g/mol. The van der Waals surface area contributed by atoms with Gasteiger partial charge in [0.15, 0.2) is 5.78 Å². The Balaban J connectivity index is 1.50. The lowest BCUT2D eigenvalue weighted by Gasteiger charge is -2.29. The molecule has 1 atom stereocenters. The van der Waals surface area contributed by atoms with E-state index in [9.17, 15) is 9.59 Å². The fourth-order valence-electron chi connectivity index (χ4n) is 4.87. The molecule has 0 spiro atoms. The second-order valence-electron chi connectivity index (χ2n) is 8.83. The van der Waals surface area contributed by atoms with Gasteiger partial charge in [0.05, 0.1) is 17.9 Å². The van der Waals surface area contributed by atoms with Crippen LogP contribution in [0.2, 0.25) is 0 Å². The van der Waals surface area contributed by atoms with Crippen molar-refractivity contribution in [3.05, 3.63) is 117 Å². The van der Waals surface area contributed by atoms with Gasteiger partial charge in [0.2, 0.25) is 0 Å². The number of fused-ring (bicyclic) bond motifs is 2. The van der Waals surface area contributed by atoms with Crippen molar-refractivity contribution in [1.82, 2.24) is 5.32 Å². The zero-order chi connectivity index (χ0) is 24.5. The van der Waals surface area contributed by atoms with E-state index in [0.717, 1.165) is 28.1 Å². The molecule has 0 fully saturated rings. The van der Waals surface area contributed by atoms with E-state index in [0.29, 0.717) is 29.0 Å². The van der Waals surface area contributed by atoms with Crippen molar-refractivity contribution in [2.24, 2.45) is 0 Å². The summed E-state index contributed by atoms with van der Waals surface area (Å²) in [7, 11) is 0. The third-order valence-corrected chi connectivity index (χ3v) is 6.45. The van der Waals surface area contributed by atoms with Gasteiger partial charge in [-0.3, -0.25) is 4.79 Å². The number of hydrogen-bond acceptors (Lipinski definition) is 5. The Bertz CT molecular complexity index is 1380. The summed E-state index contributed by atoms with van der Waals surface area (Å²) >= 11 is 0. The van der Waals surface area contributed by atoms with Gasteiger partial charge < -0.3 is 14.8 Å². The number of carbonyl (C=O) groups excluding carboxylic acids is 2. The minimum absolute atomic E-state index is 0.0674. The third-order valence-electron chi connectivity index (χ3n) is 6.45. The molecule has 0 aromatic heterocycles. The predicted molar refractivity (Wildman–Crippen MR) is 135 cm³/mol. The van der Waals surface area contributed by atoms with Crippen LogP contribution in [0.1, 0.15) is 52.4 Å². The van der Waals surface area contributed by atoms with Gasteiger partial charge in [0, 0.05) is 28.3 Å². The summed E-state index contributed by atoms with van der Waals surface area (Å²) in [5, 5.41) is 3.32. The highest BCUT2D eigenvalue weighted by molar-refractivity contribution is 6.23. The minimum Gasteiger partial charge on any atom is -0.489 e. The van der Waals surface area contributed by atoms with Crippen LogP contribution in [0, 0.1) is 6.92 Å². The van der Waals surface area contributed by atoms with Gasteiger partial charge in [-0.25, -0.2) is 4.79 Å². The molecule has 1 heterocycles. The van der Waals surface area contributed by atoms with Gasteiger partial charge >= 0.3 is 5.97 Å². The Labute approximate surface area is 205 Å². The van der Waals surface area contributed by atoms with E-state index in [1.807, 2.05) is 67.6 Å². The molecule has 0 unspecified atom stereocenters. The fourth-order valence-corrected chi connectivity index (χ4v) is 4.87. The largest absolute Gasteiger partial charge is 0.489 e. The van der Waals surface area contributed by atoms with E-state index in [1.54, 1.807) is 6.92 Å². The molecular weight excluding hydrogens is 438 g/mol. The van der Waals surface area contributed by atoms with Gasteiger partial charge in [0.25, 0.3) is 0 Å². The number of allylic oxidation sites excluding steroid dienone is 2. The van der Waals surface area contributed by atoms with Crippen LogP contribution in [0.25, 0.3) is 5.70 Å². The first-order valence-corrected chi connectivity index (χ1v) is 11.8. The van der Waals surface area contributed by atoms with Crippen molar-refractivity contribution in [3.8, 4) is 5.75 Å². The summed E-state index contributed by atoms with van der Waals surface area (Å²) < 4.78 is 11.4. The van der Waals surface area contributed by atoms with E-state index in [2.05, 4.69) is 24.4 Å². The molecule has 35 heavy (non-hydrogen) atoms. The predicted octanol–water partition coefficient (Wildman–Crippen LogP) is 5.71. The highest BCUT2D eigenvalue weighted by atomic mass is 16.5. The number of Topliss-reactive ketones (excluding diaryl/α,β-unsaturated/α-hetero) is 1. The summed E-state index contributed by atoms with van der Waals surface area (Å²) in [6, 6.07) is 23.4. The number of carbonyl (C=O) groups is 2. The van der Waals surface area contributed by atoms with Crippen molar-refractivity contribution in [3.63, 3.8) is 0 Å². The molecule has 2 aliphatic rings. The van der Waals surface area contributed by atoms with E-state index in [1.165, 1.54) is 5.56 Å². The number of dihydropyridines is 1. The van der Waals surface area contributed by atoms with Gasteiger partial charge in [0.1, 0.15) is 12.4 Å². The third kappa shape index (κ3) is 4.14. The smallest absolute Gasteiger partial charge is 0.336 e. The molecule has 3 aromatic rings. The number of ketones is 1. The van der Waals surface area contributed by atoms with Gasteiger partial charge in [-0.1, -0.05) is 66.2 Å². The van der Waals surface area contributed by atoms with E-state index in [-0.39, 0.29) is 12.4 Å². The lowest BCUT2D eigenvalue weighted by atomic mass is 9.80. The highest BCUT2D eigenvalue weighted by Crippen LogP contribution is 2.46. The highest BCUT2D eigenvalue weighted by Gasteiger charge is 2.42. The van der Waals surface area contributed by atoms with Gasteiger partial charge in [-0.2, -0.15) is 0 Å². The molecule has 5 rings (SSSR count). The Morgan fingerprint density at radius 3 is 2.40 bits per heavy atom. The molecule has 3 aromatic carbocycles. The Kier molecular flexibility index (Phi) is 6.00. The molecule has 0 radical (unpaired) electrons. The molecule has 5 nitrogen and oxygen atoms in total. The van der Waals surface area contributed by atoms with Crippen LogP contribution >= 0.6 is 0 Å². The van der Waals surface area contributed by atoms with Gasteiger partial charge in [-0.05, 0) is 44.0 Å². The molecule has 1 N–H and O–H groups in total. The van der Waals surface area contributed by atoms with Crippen molar-refractivity contribution >= 4 is 17.4 Å². The van der Waals surface area contributed by atoms with Crippen LogP contribution in [0.3, 0.4) is 0 Å². The quantitative estimate of drug-likeness (QED) is 0.473. The lowest BCUT2D eigenvalue weighted by Crippen LogP contribution is -2.29. The monoisotopic (exact) mass is 465 g/mol. The zero-order valence-electron chi connectivity index (χ0n) is 20.1. The second-order valence-corrected chi connectivity index (χ2v) is 8.83. The molecule has 1 aliphatic heterocycles. The topological polar surface area (TPSA) is 64.6 Å². The maximum absolute atomic E-state index is 13.5. The molecule has 1 aliphatic carbocycles. The first-order chi connectivity index (χ1) is 17.0. The summed E-state index contributed by atoms with van der Waals surface area (Å²) in [5.74, 6) is -0.298. The van der Waals surface area contributed by atoms with Crippen LogP contribution in [0.4, 0.5) is 0 Å². The fraction of sp³-hybridized carbons (Fsp3) is 0.200. The zero-order valence-corrected chi connectivity index (χ0v) is 20.1. The molecule has 0 saturated carbocycles. The lowest BCUT2D eigenvalue weighted by molar-refractivity contribution is -0.138. The summed E-state index contributed by atoms with van der Waals surface area (Å²) in [5.41, 5.74) is 7.12. The van der Waals surface area contributed by atoms with Crippen LogP contribution in [-0.2, 0) is 16.1 Å². The van der Waals surface area contributed by atoms with Gasteiger partial charge in [-0.15, -0.1) is 0 Å². The molecule has 176 valence electrons. The SMILES string of the molecule is CCOC(=O)C1=C(C)NC2=C(C(=O)c3ccccc32)[C@@H]1c1ccc(OCc2cccc(C)c2)cc1. The maximum Gasteiger partial charge on any atom is 0.336 e. The first-order valence-electron chi connectivity index (χ1n) is 11.8. The first kappa shape index (κ1) is 22.7. The van der Waals surface area contributed by atoms with Crippen molar-refractivity contribution in [2.75, 3.05) is 6.61 Å². The van der Waals surface area contributed by atoms with E-state index < -0.39 is 11.9 Å². The Hall–Kier alpha value is -4.12. The summed E-state index contributed by atoms with van der Waals surface area (Å²) in [6.45, 7) is 6.41. The number of rotatable bonds is 6. The standard InChI is InChI=1S/C30H27NO4/c1-4-34-30(33)25-19(3)31-28-23-10-5-6-11-24(23)29(32)27(28)26(25)21-12-14-22(15-13-21)35-17-20-9-7-8-18(2)16-20/h5-16,26,31H,4,17H2,1-3H3/t26-/m1/s1. The van der Waals surface area contributed by atoms with Crippen molar-refractivity contribution in [1.29, 1.82) is 0 Å². The number of benzene rings is 3. The van der Waals surface area contributed by atoms with E-state index >= 15 is 0 Å². The molecule has 0 bridgehead atoms. The van der Waals surface area contributed by atoms with Crippen LogP contribution < -0.4 is 10.1 Å². The Morgan fingerprint density at radius 1 is 0.943 bits per heavy atom. The normalized spacial score (nSPS) is 16.5. The van der Waals surface area contributed by atoms with Crippen molar-refractivity contribution < 1.29 is 19.1 Å². The van der Waals surface area contributed by atoms with Crippen LogP contribution in [0.5, 0.6) is 5.75 Å². The summed E-state index contributed by atoms with van der Waals surface area (Å²) in [4.78, 5) is 26.5. The second kappa shape index (κ2) is 9.26. The number of ether oxygens (including phenoxy) is 2. The van der Waals surface area contributed by atoms with Crippen LogP contribution in [-0.4, -0.2) is 18.4 Å². The number of aryl methyl sites for hydroxylation is 1. The molecular formula is C30H27NO4.